The van der Waals surface area contributed by atoms with Gasteiger partial charge in [0.05, 0.1) is 0 Å². The number of nitrogens with one attached hydrogen (secondary N) is 2. The molecule has 0 saturated carbocycles. The van der Waals surface area contributed by atoms with Crippen molar-refractivity contribution < 1.29 is 9.59 Å². The van der Waals surface area contributed by atoms with Crippen LogP contribution < -0.4 is 16.4 Å². The lowest BCUT2D eigenvalue weighted by Gasteiger charge is -2.18. The van der Waals surface area contributed by atoms with Crippen LogP contribution in [0.3, 0.4) is 0 Å². The number of nitrogens with zero attached hydrogens (tertiary/aromatic N) is 2. The number of aromatic nitrogens is 1. The number of nitrogens with two attached hydrogens (primary N) is 1. The minimum Gasteiger partial charge on any atom is -0.382 e. The molecule has 2 rings (SSSR count). The summed E-state index contributed by atoms with van der Waals surface area (Å²) in [7, 11) is 0. The first-order valence-electron chi connectivity index (χ1n) is 7.03. The van der Waals surface area contributed by atoms with E-state index in [9.17, 15) is 9.59 Å². The maximum Gasteiger partial charge on any atom is 0.267 e. The van der Waals surface area contributed by atoms with Crippen LogP contribution >= 0.6 is 11.3 Å². The van der Waals surface area contributed by atoms with Crippen LogP contribution in [-0.4, -0.2) is 47.9 Å². The molecule has 0 bridgehead atoms. The third kappa shape index (κ3) is 4.07. The van der Waals surface area contributed by atoms with E-state index in [0.717, 1.165) is 6.54 Å². The maximum absolute atomic E-state index is 12.5. The van der Waals surface area contributed by atoms with Crippen molar-refractivity contribution in [1.82, 2.24) is 15.2 Å². The zero-order valence-electron chi connectivity index (χ0n) is 12.3. The lowest BCUT2D eigenvalue weighted by atomic mass is 10.2. The number of anilines is 2. The lowest BCUT2D eigenvalue weighted by molar-refractivity contribution is -0.120. The standard InChI is InChI=1S/C13H21N5O2S/c1-8(2)7-16-13-17-11(14)10(21-13)12(20)18-5-3-9(19)15-4-6-18/h8H,3-7,14H2,1-2H3,(H,15,19)(H,16,17). The van der Waals surface area contributed by atoms with E-state index in [1.807, 2.05) is 0 Å². The Bertz CT molecular complexity index is 529. The summed E-state index contributed by atoms with van der Waals surface area (Å²) in [6.45, 7) is 6.35. The molecule has 1 saturated heterocycles. The van der Waals surface area contributed by atoms with E-state index in [1.54, 1.807) is 4.90 Å². The van der Waals surface area contributed by atoms with E-state index < -0.39 is 0 Å². The molecule has 0 spiro atoms. The molecule has 1 aromatic heterocycles. The summed E-state index contributed by atoms with van der Waals surface area (Å²) in [5.41, 5.74) is 5.85. The Morgan fingerprint density at radius 3 is 3.00 bits per heavy atom. The largest absolute Gasteiger partial charge is 0.382 e. The molecule has 0 unspecified atom stereocenters. The fourth-order valence-corrected chi connectivity index (χ4v) is 2.83. The summed E-state index contributed by atoms with van der Waals surface area (Å²) in [6, 6.07) is 0. The van der Waals surface area contributed by atoms with Crippen molar-refractivity contribution in [2.45, 2.75) is 20.3 Å². The number of nitrogen functional groups attached to an aromatic ring is 1. The predicted octanol–water partition coefficient (Wildman–Crippen LogP) is 0.755. The van der Waals surface area contributed by atoms with Crippen molar-refractivity contribution in [3.63, 3.8) is 0 Å². The highest BCUT2D eigenvalue weighted by Gasteiger charge is 2.24. The van der Waals surface area contributed by atoms with Gasteiger partial charge in [-0.3, -0.25) is 9.59 Å². The van der Waals surface area contributed by atoms with Crippen LogP contribution in [0.25, 0.3) is 0 Å². The Morgan fingerprint density at radius 1 is 1.52 bits per heavy atom. The fraction of sp³-hybridized carbons (Fsp3) is 0.615. The minimum atomic E-state index is -0.154. The Morgan fingerprint density at radius 2 is 2.29 bits per heavy atom. The molecular weight excluding hydrogens is 290 g/mol. The van der Waals surface area contributed by atoms with Crippen molar-refractivity contribution in [1.29, 1.82) is 0 Å². The van der Waals surface area contributed by atoms with Gasteiger partial charge in [0.2, 0.25) is 5.91 Å². The summed E-state index contributed by atoms with van der Waals surface area (Å²) >= 11 is 1.27. The molecular formula is C13H21N5O2S. The number of carbonyl (C=O) groups excluding carboxylic acids is 2. The summed E-state index contributed by atoms with van der Waals surface area (Å²) < 4.78 is 0. The van der Waals surface area contributed by atoms with Crippen LogP contribution in [0.2, 0.25) is 0 Å². The highest BCUT2D eigenvalue weighted by Crippen LogP contribution is 2.26. The van der Waals surface area contributed by atoms with Crippen LogP contribution in [0.1, 0.15) is 29.9 Å². The Balaban J connectivity index is 2.06. The van der Waals surface area contributed by atoms with E-state index in [0.29, 0.717) is 42.0 Å². The molecule has 0 atom stereocenters. The van der Waals surface area contributed by atoms with Crippen molar-refractivity contribution in [3.05, 3.63) is 4.88 Å². The molecule has 7 nitrogen and oxygen atoms in total. The summed E-state index contributed by atoms with van der Waals surface area (Å²) in [4.78, 5) is 30.1. The van der Waals surface area contributed by atoms with E-state index in [2.05, 4.69) is 29.5 Å². The second-order valence-electron chi connectivity index (χ2n) is 5.40. The molecule has 0 aliphatic carbocycles. The smallest absolute Gasteiger partial charge is 0.267 e. The quantitative estimate of drug-likeness (QED) is 0.762. The topological polar surface area (TPSA) is 100 Å². The fourth-order valence-electron chi connectivity index (χ4n) is 1.97. The SMILES string of the molecule is CC(C)CNc1nc(N)c(C(=O)N2CCNC(=O)CC2)s1. The second-order valence-corrected chi connectivity index (χ2v) is 6.40. The molecule has 1 aliphatic heterocycles. The summed E-state index contributed by atoms with van der Waals surface area (Å²) in [5.74, 6) is 0.553. The van der Waals surface area contributed by atoms with E-state index in [1.165, 1.54) is 11.3 Å². The molecule has 21 heavy (non-hydrogen) atoms. The summed E-state index contributed by atoms with van der Waals surface area (Å²) in [5, 5.41) is 6.58. The number of hydrogen-bond donors (Lipinski definition) is 3. The van der Waals surface area contributed by atoms with E-state index in [4.69, 9.17) is 5.73 Å². The van der Waals surface area contributed by atoms with Gasteiger partial charge in [-0.25, -0.2) is 4.98 Å². The van der Waals surface area contributed by atoms with Gasteiger partial charge >= 0.3 is 0 Å². The molecule has 1 aliphatic rings. The van der Waals surface area contributed by atoms with Crippen LogP contribution in [0.5, 0.6) is 0 Å². The predicted molar refractivity (Wildman–Crippen MR) is 83.4 cm³/mol. The van der Waals surface area contributed by atoms with E-state index in [-0.39, 0.29) is 17.6 Å². The van der Waals surface area contributed by atoms with Gasteiger partial charge in [0, 0.05) is 32.6 Å². The van der Waals surface area contributed by atoms with Crippen LogP contribution in [-0.2, 0) is 4.79 Å². The van der Waals surface area contributed by atoms with Gasteiger partial charge in [0.1, 0.15) is 10.7 Å². The number of rotatable bonds is 4. The van der Waals surface area contributed by atoms with Gasteiger partial charge in [-0.2, -0.15) is 0 Å². The Kier molecular flexibility index (Phi) is 5.00. The third-order valence-electron chi connectivity index (χ3n) is 3.11. The van der Waals surface area contributed by atoms with Gasteiger partial charge in [-0.1, -0.05) is 25.2 Å². The van der Waals surface area contributed by atoms with Gasteiger partial charge in [-0.15, -0.1) is 0 Å². The monoisotopic (exact) mass is 311 g/mol. The zero-order chi connectivity index (χ0) is 15.4. The molecule has 0 radical (unpaired) electrons. The average molecular weight is 311 g/mol. The van der Waals surface area contributed by atoms with Gasteiger partial charge in [-0.05, 0) is 5.92 Å². The number of carbonyl (C=O) groups is 2. The van der Waals surface area contributed by atoms with Crippen LogP contribution in [0.15, 0.2) is 0 Å². The van der Waals surface area contributed by atoms with E-state index >= 15 is 0 Å². The van der Waals surface area contributed by atoms with Crippen LogP contribution in [0.4, 0.5) is 10.9 Å². The van der Waals surface area contributed by atoms with Crippen LogP contribution in [0, 0.1) is 5.92 Å². The summed E-state index contributed by atoms with van der Waals surface area (Å²) in [6.07, 6.45) is 0.322. The second kappa shape index (κ2) is 6.75. The number of hydrogen-bond acceptors (Lipinski definition) is 6. The number of thiazole rings is 1. The molecule has 8 heteroatoms. The molecule has 4 N–H and O–H groups in total. The molecule has 1 aromatic rings. The highest BCUT2D eigenvalue weighted by atomic mass is 32.1. The third-order valence-corrected chi connectivity index (χ3v) is 4.13. The van der Waals surface area contributed by atoms with Crippen molar-refractivity contribution in [2.24, 2.45) is 5.92 Å². The molecule has 2 amide bonds. The normalized spacial score (nSPS) is 15.8. The average Bonchev–Trinajstić information content (AvgIpc) is 2.66. The van der Waals surface area contributed by atoms with Crippen molar-refractivity contribution in [2.75, 3.05) is 37.2 Å². The molecule has 0 aromatic carbocycles. The van der Waals surface area contributed by atoms with Crippen molar-refractivity contribution in [3.8, 4) is 0 Å². The lowest BCUT2D eigenvalue weighted by Crippen LogP contribution is -2.34. The molecule has 116 valence electrons. The van der Waals surface area contributed by atoms with Crippen molar-refractivity contribution >= 4 is 34.1 Å². The minimum absolute atomic E-state index is 0.0261. The van der Waals surface area contributed by atoms with Gasteiger partial charge in [0.15, 0.2) is 5.13 Å². The molecule has 1 fully saturated rings. The first-order valence-corrected chi connectivity index (χ1v) is 7.85. The first kappa shape index (κ1) is 15.6. The Labute approximate surface area is 127 Å². The Hall–Kier alpha value is -1.83. The zero-order valence-corrected chi connectivity index (χ0v) is 13.1. The first-order chi connectivity index (χ1) is 9.97. The highest BCUT2D eigenvalue weighted by molar-refractivity contribution is 7.18. The maximum atomic E-state index is 12.5. The van der Waals surface area contributed by atoms with Gasteiger partial charge < -0.3 is 21.3 Å². The van der Waals surface area contributed by atoms with Gasteiger partial charge in [0.25, 0.3) is 5.91 Å². The molecule has 2 heterocycles. The number of amides is 2.